The molecule has 198 valence electrons. The highest BCUT2D eigenvalue weighted by molar-refractivity contribution is 6.03. The molecule has 9 heteroatoms. The van der Waals surface area contributed by atoms with Crippen molar-refractivity contribution < 1.29 is 37.8 Å². The second-order valence-electron chi connectivity index (χ2n) is 10.4. The first-order chi connectivity index (χ1) is 18.2. The molecule has 6 atom stereocenters. The summed E-state index contributed by atoms with van der Waals surface area (Å²) in [6, 6.07) is 10.8. The van der Waals surface area contributed by atoms with Crippen LogP contribution >= 0.6 is 0 Å². The number of cyclic esters (lactones) is 1. The highest BCUT2D eigenvalue weighted by Crippen LogP contribution is 2.60. The molecule has 38 heavy (non-hydrogen) atoms. The fourth-order valence-corrected chi connectivity index (χ4v) is 6.42. The predicted molar refractivity (Wildman–Crippen MR) is 134 cm³/mol. The Bertz CT molecular complexity index is 1310. The first kappa shape index (κ1) is 25.7. The smallest absolute Gasteiger partial charge is 0.336 e. The average molecular weight is 520 g/mol. The molecule has 1 saturated heterocycles. The van der Waals surface area contributed by atoms with Crippen molar-refractivity contribution >= 4 is 29.8 Å². The monoisotopic (exact) mass is 519 g/mol. The number of benzene rings is 1. The first-order valence-corrected chi connectivity index (χ1v) is 12.5. The lowest BCUT2D eigenvalue weighted by Crippen LogP contribution is -2.70. The number of nitrogens with two attached hydrogens (primary N) is 1. The van der Waals surface area contributed by atoms with Crippen LogP contribution in [0.5, 0.6) is 0 Å². The zero-order chi connectivity index (χ0) is 27.1. The van der Waals surface area contributed by atoms with Gasteiger partial charge in [0.15, 0.2) is 5.76 Å². The number of ketones is 1. The van der Waals surface area contributed by atoms with E-state index in [1.807, 2.05) is 37.3 Å². The number of rotatable bonds is 5. The lowest BCUT2D eigenvalue weighted by molar-refractivity contribution is -0.191. The van der Waals surface area contributed by atoms with Crippen LogP contribution in [0.4, 0.5) is 0 Å². The Morgan fingerprint density at radius 3 is 2.61 bits per heavy atom. The molecular weight excluding hydrogens is 490 g/mol. The summed E-state index contributed by atoms with van der Waals surface area (Å²) in [7, 11) is 1.24. The van der Waals surface area contributed by atoms with Gasteiger partial charge in [-0.15, -0.1) is 0 Å². The molecule has 0 bridgehead atoms. The summed E-state index contributed by atoms with van der Waals surface area (Å²) in [6.45, 7) is 1.82. The molecule has 0 unspecified atom stereocenters. The highest BCUT2D eigenvalue weighted by Gasteiger charge is 2.67. The van der Waals surface area contributed by atoms with Crippen LogP contribution in [0.3, 0.4) is 0 Å². The Hall–Kier alpha value is -3.98. The third-order valence-electron chi connectivity index (χ3n) is 8.22. The zero-order valence-corrected chi connectivity index (χ0v) is 21.1. The Kier molecular flexibility index (Phi) is 6.56. The van der Waals surface area contributed by atoms with E-state index in [1.54, 1.807) is 12.1 Å². The van der Waals surface area contributed by atoms with Gasteiger partial charge in [-0.2, -0.15) is 0 Å². The molecule has 2 heterocycles. The summed E-state index contributed by atoms with van der Waals surface area (Å²) >= 11 is 0. The summed E-state index contributed by atoms with van der Waals surface area (Å²) < 4.78 is 21.4. The van der Waals surface area contributed by atoms with E-state index >= 15 is 0 Å². The van der Waals surface area contributed by atoms with E-state index in [9.17, 15) is 19.2 Å². The van der Waals surface area contributed by atoms with Crippen molar-refractivity contribution in [1.29, 1.82) is 0 Å². The standard InChI is InChI=1S/C29H29NO8/c1-28-15-22(18-11-13-36-16-18)38-27(34)19(28)10-12-29(30)20(26(33)35-2)14-21(24(32)25(28)29)37-23(31)9-8-17-6-4-3-5-7-17/h3-9,11,13-14,16,19-20,22,25H,10,12,15,30H2,1-2H3/b9-8+/t19-,20-,22-,25+,28-,29+/m0/s1. The number of fused-ring (bicyclic) bond motifs is 3. The van der Waals surface area contributed by atoms with Gasteiger partial charge in [0.1, 0.15) is 6.10 Å². The number of Topliss-reactive ketones (excluding diaryl/α,β-unsaturated/α-hetero) is 1. The number of carbonyl (C=O) groups excluding carboxylic acids is 4. The zero-order valence-electron chi connectivity index (χ0n) is 21.1. The van der Waals surface area contributed by atoms with Gasteiger partial charge in [0.25, 0.3) is 0 Å². The fraction of sp³-hybridized carbons (Fsp3) is 0.379. The number of esters is 3. The van der Waals surface area contributed by atoms with Crippen molar-refractivity contribution in [3.63, 3.8) is 0 Å². The predicted octanol–water partition coefficient (Wildman–Crippen LogP) is 3.51. The number of carbonyl (C=O) groups is 4. The minimum atomic E-state index is -1.34. The fourth-order valence-electron chi connectivity index (χ4n) is 6.42. The van der Waals surface area contributed by atoms with Gasteiger partial charge < -0.3 is 24.4 Å². The maximum absolute atomic E-state index is 14.0. The molecule has 2 aliphatic carbocycles. The molecule has 5 rings (SSSR count). The summed E-state index contributed by atoms with van der Waals surface area (Å²) in [6.07, 6.45) is 7.20. The van der Waals surface area contributed by atoms with Crippen LogP contribution < -0.4 is 5.73 Å². The molecule has 0 spiro atoms. The lowest BCUT2D eigenvalue weighted by atomic mass is 9.47. The van der Waals surface area contributed by atoms with Crippen molar-refractivity contribution in [3.8, 4) is 0 Å². The van der Waals surface area contributed by atoms with Gasteiger partial charge in [0.05, 0.1) is 37.4 Å². The topological polar surface area (TPSA) is 135 Å². The summed E-state index contributed by atoms with van der Waals surface area (Å²) in [4.78, 5) is 52.8. The van der Waals surface area contributed by atoms with Gasteiger partial charge in [-0.1, -0.05) is 37.3 Å². The van der Waals surface area contributed by atoms with Gasteiger partial charge in [0, 0.05) is 17.2 Å². The second-order valence-corrected chi connectivity index (χ2v) is 10.4. The molecule has 1 saturated carbocycles. The molecule has 2 fully saturated rings. The van der Waals surface area contributed by atoms with E-state index in [2.05, 4.69) is 0 Å². The molecule has 3 aliphatic rings. The summed E-state index contributed by atoms with van der Waals surface area (Å²) in [5.74, 6) is -5.36. The molecule has 0 radical (unpaired) electrons. The van der Waals surface area contributed by atoms with Crippen molar-refractivity contribution in [2.45, 2.75) is 37.8 Å². The van der Waals surface area contributed by atoms with Crippen LogP contribution in [-0.4, -0.2) is 36.3 Å². The Labute approximate surface area is 219 Å². The maximum Gasteiger partial charge on any atom is 0.336 e. The molecule has 9 nitrogen and oxygen atoms in total. The van der Waals surface area contributed by atoms with Crippen LogP contribution in [0.2, 0.25) is 0 Å². The van der Waals surface area contributed by atoms with Crippen molar-refractivity contribution in [2.24, 2.45) is 28.9 Å². The summed E-state index contributed by atoms with van der Waals surface area (Å²) in [5.41, 5.74) is 6.02. The summed E-state index contributed by atoms with van der Waals surface area (Å²) in [5, 5.41) is 0. The molecule has 0 amide bonds. The lowest BCUT2D eigenvalue weighted by Gasteiger charge is -2.59. The van der Waals surface area contributed by atoms with E-state index in [0.29, 0.717) is 12.0 Å². The number of allylic oxidation sites excluding steroid dienone is 1. The molecule has 1 aromatic carbocycles. The van der Waals surface area contributed by atoms with Gasteiger partial charge in [0.2, 0.25) is 5.78 Å². The largest absolute Gasteiger partial charge is 0.472 e. The number of hydrogen-bond donors (Lipinski definition) is 1. The van der Waals surface area contributed by atoms with Crippen LogP contribution in [0.1, 0.15) is 43.4 Å². The second kappa shape index (κ2) is 9.72. The van der Waals surface area contributed by atoms with Gasteiger partial charge in [-0.25, -0.2) is 4.79 Å². The van der Waals surface area contributed by atoms with Crippen molar-refractivity contribution in [2.75, 3.05) is 7.11 Å². The quantitative estimate of drug-likeness (QED) is 0.358. The maximum atomic E-state index is 14.0. The number of ether oxygens (including phenoxy) is 3. The molecule has 2 N–H and O–H groups in total. The molecule has 1 aromatic heterocycles. The van der Waals surface area contributed by atoms with Gasteiger partial charge in [-0.05, 0) is 48.5 Å². The van der Waals surface area contributed by atoms with Crippen LogP contribution in [0.25, 0.3) is 6.08 Å². The minimum Gasteiger partial charge on any atom is -0.472 e. The Morgan fingerprint density at radius 2 is 1.92 bits per heavy atom. The average Bonchev–Trinajstić information content (AvgIpc) is 3.44. The molecule has 1 aliphatic heterocycles. The first-order valence-electron chi connectivity index (χ1n) is 12.5. The number of methoxy groups -OCH3 is 1. The van der Waals surface area contributed by atoms with E-state index in [-0.39, 0.29) is 18.6 Å². The highest BCUT2D eigenvalue weighted by atomic mass is 16.6. The molecular formula is C29H29NO8. The van der Waals surface area contributed by atoms with E-state index in [1.165, 1.54) is 31.8 Å². The van der Waals surface area contributed by atoms with E-state index in [0.717, 1.165) is 5.56 Å². The normalized spacial score (nSPS) is 32.6. The SMILES string of the molecule is COC(=O)[C@@H]1C=C(OC(=O)/C=C/c2ccccc2)C(=O)[C@@H]2[C@@]3(C)C[C@@H](c4ccoc4)OC(=O)[C@@H]3CC[C@]21N. The number of furan rings is 1. The third-order valence-corrected chi connectivity index (χ3v) is 8.22. The van der Waals surface area contributed by atoms with Crippen molar-refractivity contribution in [1.82, 2.24) is 0 Å². The van der Waals surface area contributed by atoms with Crippen LogP contribution in [0, 0.1) is 23.2 Å². The Balaban J connectivity index is 1.51. The van der Waals surface area contributed by atoms with Gasteiger partial charge in [-0.3, -0.25) is 14.4 Å². The van der Waals surface area contributed by atoms with Gasteiger partial charge >= 0.3 is 17.9 Å². The Morgan fingerprint density at radius 1 is 1.16 bits per heavy atom. The third kappa shape index (κ3) is 4.26. The van der Waals surface area contributed by atoms with Crippen molar-refractivity contribution in [3.05, 3.63) is 78.0 Å². The minimum absolute atomic E-state index is 0.209. The molecule has 2 aromatic rings. The van der Waals surface area contributed by atoms with E-state index in [4.69, 9.17) is 24.4 Å². The van der Waals surface area contributed by atoms with E-state index < -0.39 is 58.5 Å². The number of hydrogen-bond acceptors (Lipinski definition) is 9. The van der Waals surface area contributed by atoms with Crippen LogP contribution in [0.15, 0.2) is 71.3 Å². The van der Waals surface area contributed by atoms with Crippen LogP contribution in [-0.2, 0) is 33.4 Å².